The number of nitrogens with zero attached hydrogens (tertiary/aromatic N) is 2. The van der Waals surface area contributed by atoms with Gasteiger partial charge in [0.2, 0.25) is 5.91 Å². The first kappa shape index (κ1) is 13.3. The van der Waals surface area contributed by atoms with E-state index in [0.717, 1.165) is 39.0 Å². The summed E-state index contributed by atoms with van der Waals surface area (Å²) in [7, 11) is 1.47. The molecule has 3 rings (SSSR count). The van der Waals surface area contributed by atoms with Crippen LogP contribution in [0.3, 0.4) is 0 Å². The molecule has 1 saturated carbocycles. The fourth-order valence-corrected chi connectivity index (χ4v) is 3.60. The highest BCUT2D eigenvalue weighted by molar-refractivity contribution is 8.67. The maximum absolute atomic E-state index is 12.8. The Morgan fingerprint density at radius 1 is 1.11 bits per heavy atom. The molecule has 1 aromatic carbocycles. The first-order chi connectivity index (χ1) is 9.26. The number of piperazine rings is 1. The van der Waals surface area contributed by atoms with Crippen LogP contribution >= 0.6 is 22.6 Å². The Kier molecular flexibility index (Phi) is 3.78. The van der Waals surface area contributed by atoms with Gasteiger partial charge in [0, 0.05) is 26.2 Å². The van der Waals surface area contributed by atoms with Crippen LogP contribution in [0.5, 0.6) is 0 Å². The first-order valence-corrected chi connectivity index (χ1v) is 8.50. The monoisotopic (exact) mass is 294 g/mol. The molecule has 3 nitrogen and oxygen atoms in total. The predicted molar refractivity (Wildman–Crippen MR) is 82.1 cm³/mol. The van der Waals surface area contributed by atoms with Crippen molar-refractivity contribution in [2.24, 2.45) is 0 Å². The minimum Gasteiger partial charge on any atom is -0.339 e. The van der Waals surface area contributed by atoms with Gasteiger partial charge in [-0.15, -0.1) is 0 Å². The normalized spacial score (nSPS) is 22.3. The summed E-state index contributed by atoms with van der Waals surface area (Å²) in [5.41, 5.74) is 0.975. The molecule has 1 aromatic rings. The van der Waals surface area contributed by atoms with Gasteiger partial charge in [-0.05, 0) is 29.4 Å². The molecule has 0 N–H and O–H groups in total. The van der Waals surface area contributed by atoms with E-state index >= 15 is 0 Å². The van der Waals surface area contributed by atoms with Gasteiger partial charge >= 0.3 is 0 Å². The van der Waals surface area contributed by atoms with Crippen molar-refractivity contribution in [3.63, 3.8) is 0 Å². The predicted octanol–water partition coefficient (Wildman–Crippen LogP) is 2.36. The molecule has 2 aliphatic rings. The molecule has 1 aliphatic heterocycles. The Balaban J connectivity index is 1.71. The number of benzene rings is 1. The van der Waals surface area contributed by atoms with Crippen LogP contribution in [0.4, 0.5) is 0 Å². The lowest BCUT2D eigenvalue weighted by Gasteiger charge is -2.35. The van der Waals surface area contributed by atoms with Gasteiger partial charge in [0.05, 0.1) is 5.41 Å². The Morgan fingerprint density at radius 2 is 1.74 bits per heavy atom. The van der Waals surface area contributed by atoms with E-state index < -0.39 is 0 Å². The van der Waals surface area contributed by atoms with Crippen LogP contribution < -0.4 is 0 Å². The quantitative estimate of drug-likeness (QED) is 0.526. The van der Waals surface area contributed by atoms with E-state index in [2.05, 4.69) is 28.1 Å². The fourth-order valence-electron chi connectivity index (χ4n) is 2.78. The molecular formula is C14H18N2OS2. The molecule has 1 saturated heterocycles. The number of hydrogen-bond acceptors (Lipinski definition) is 4. The SMILES string of the molecule is O=C(N1CCN(SS)CC1)C1(c2ccccc2)CC1. The summed E-state index contributed by atoms with van der Waals surface area (Å²) in [6.45, 7) is 3.46. The zero-order chi connectivity index (χ0) is 13.3. The van der Waals surface area contributed by atoms with Crippen LogP contribution in [0.15, 0.2) is 30.3 Å². The third-order valence-corrected chi connectivity index (χ3v) is 5.42. The summed E-state index contributed by atoms with van der Waals surface area (Å²) in [6, 6.07) is 10.2. The van der Waals surface area contributed by atoms with E-state index in [4.69, 9.17) is 0 Å². The highest BCUT2D eigenvalue weighted by Gasteiger charge is 2.53. The molecule has 0 spiro atoms. The van der Waals surface area contributed by atoms with Crippen molar-refractivity contribution in [1.29, 1.82) is 0 Å². The molecular weight excluding hydrogens is 276 g/mol. The van der Waals surface area contributed by atoms with Crippen molar-refractivity contribution >= 4 is 28.5 Å². The van der Waals surface area contributed by atoms with E-state index in [1.807, 2.05) is 23.1 Å². The average Bonchev–Trinajstić information content (AvgIpc) is 3.29. The maximum Gasteiger partial charge on any atom is 0.233 e. The third kappa shape index (κ3) is 2.51. The Labute approximate surface area is 123 Å². The number of carbonyl (C=O) groups is 1. The third-order valence-electron chi connectivity index (χ3n) is 4.13. The molecule has 0 radical (unpaired) electrons. The second kappa shape index (κ2) is 5.38. The lowest BCUT2D eigenvalue weighted by Crippen LogP contribution is -2.49. The average molecular weight is 294 g/mol. The highest BCUT2D eigenvalue weighted by atomic mass is 33.1. The fraction of sp³-hybridized carbons (Fsp3) is 0.500. The lowest BCUT2D eigenvalue weighted by atomic mass is 9.94. The molecule has 0 unspecified atom stereocenters. The van der Waals surface area contributed by atoms with Crippen molar-refractivity contribution in [3.8, 4) is 0 Å². The largest absolute Gasteiger partial charge is 0.339 e. The van der Waals surface area contributed by atoms with Gasteiger partial charge in [-0.1, -0.05) is 42.0 Å². The molecule has 0 aromatic heterocycles. The van der Waals surface area contributed by atoms with Gasteiger partial charge < -0.3 is 4.90 Å². The standard InChI is InChI=1S/C14H18N2OS2/c17-13(15-8-10-16(19-18)11-9-15)14(6-7-14)12-4-2-1-3-5-12/h1-5,18H,6-11H2. The molecule has 102 valence electrons. The van der Waals surface area contributed by atoms with Gasteiger partial charge in [0.15, 0.2) is 0 Å². The molecule has 0 atom stereocenters. The first-order valence-electron chi connectivity index (χ1n) is 6.68. The number of amides is 1. The van der Waals surface area contributed by atoms with Gasteiger partial charge in [0.1, 0.15) is 0 Å². The van der Waals surface area contributed by atoms with Gasteiger partial charge in [-0.25, -0.2) is 4.31 Å². The topological polar surface area (TPSA) is 23.6 Å². The van der Waals surface area contributed by atoms with Crippen molar-refractivity contribution in [3.05, 3.63) is 35.9 Å². The molecule has 1 heterocycles. The summed E-state index contributed by atoms with van der Waals surface area (Å²) in [5.74, 6) is 0.322. The minimum atomic E-state index is -0.211. The smallest absolute Gasteiger partial charge is 0.233 e. The molecule has 5 heteroatoms. The van der Waals surface area contributed by atoms with Crippen molar-refractivity contribution in [1.82, 2.24) is 9.21 Å². The zero-order valence-corrected chi connectivity index (χ0v) is 12.5. The molecule has 1 aliphatic carbocycles. The van der Waals surface area contributed by atoms with Crippen LogP contribution in [0.1, 0.15) is 18.4 Å². The maximum atomic E-state index is 12.8. The summed E-state index contributed by atoms with van der Waals surface area (Å²) in [6.07, 6.45) is 1.99. The van der Waals surface area contributed by atoms with Crippen LogP contribution in [-0.4, -0.2) is 41.3 Å². The van der Waals surface area contributed by atoms with Gasteiger partial charge in [0.25, 0.3) is 0 Å². The van der Waals surface area contributed by atoms with E-state index in [1.54, 1.807) is 0 Å². The summed E-state index contributed by atoms with van der Waals surface area (Å²) in [5, 5.41) is 0. The molecule has 0 bridgehead atoms. The van der Waals surface area contributed by atoms with Crippen LogP contribution in [0.25, 0.3) is 0 Å². The zero-order valence-electron chi connectivity index (χ0n) is 10.8. The van der Waals surface area contributed by atoms with Crippen LogP contribution in [-0.2, 0) is 10.2 Å². The van der Waals surface area contributed by atoms with E-state index in [0.29, 0.717) is 5.91 Å². The van der Waals surface area contributed by atoms with Crippen LogP contribution in [0.2, 0.25) is 0 Å². The van der Waals surface area contributed by atoms with Crippen molar-refractivity contribution < 1.29 is 4.79 Å². The lowest BCUT2D eigenvalue weighted by molar-refractivity contribution is -0.135. The molecule has 2 fully saturated rings. The molecule has 19 heavy (non-hydrogen) atoms. The Bertz CT molecular complexity index is 454. The van der Waals surface area contributed by atoms with Crippen molar-refractivity contribution in [2.75, 3.05) is 26.2 Å². The number of rotatable bonds is 3. The summed E-state index contributed by atoms with van der Waals surface area (Å²) in [4.78, 5) is 14.8. The van der Waals surface area contributed by atoms with E-state index in [1.165, 1.54) is 16.5 Å². The Hall–Kier alpha value is -0.650. The number of hydrogen-bond donors (Lipinski definition) is 1. The molecule has 1 amide bonds. The summed E-state index contributed by atoms with van der Waals surface area (Å²) >= 11 is 4.21. The van der Waals surface area contributed by atoms with Gasteiger partial charge in [-0.2, -0.15) is 0 Å². The van der Waals surface area contributed by atoms with Gasteiger partial charge in [-0.3, -0.25) is 4.79 Å². The van der Waals surface area contributed by atoms with E-state index in [9.17, 15) is 4.79 Å². The van der Waals surface area contributed by atoms with E-state index in [-0.39, 0.29) is 5.41 Å². The van der Waals surface area contributed by atoms with Crippen LogP contribution in [0, 0.1) is 0 Å². The second-order valence-corrected chi connectivity index (χ2v) is 6.42. The number of carbonyl (C=O) groups excluding carboxylic acids is 1. The minimum absolute atomic E-state index is 0.211. The summed E-state index contributed by atoms with van der Waals surface area (Å²) < 4.78 is 2.19. The second-order valence-electron chi connectivity index (χ2n) is 5.25. The van der Waals surface area contributed by atoms with Crippen molar-refractivity contribution in [2.45, 2.75) is 18.3 Å². The highest BCUT2D eigenvalue weighted by Crippen LogP contribution is 2.49. The Morgan fingerprint density at radius 3 is 2.26 bits per heavy atom. The number of thiol groups is 1.